The molecule has 0 bridgehead atoms. The minimum atomic E-state index is 0.483. The lowest BCUT2D eigenvalue weighted by Gasteiger charge is -2.03. The fourth-order valence-electron chi connectivity index (χ4n) is 1.33. The predicted octanol–water partition coefficient (Wildman–Crippen LogP) is 1.18. The van der Waals surface area contributed by atoms with Gasteiger partial charge in [-0.05, 0) is 13.1 Å². The standard InChI is InChI=1S/C12H21NO4/c1-13-8-11-7-12(17-9-11)10-16-6-5-15-4-3-14-2/h7,9,13H,3-6,8,10H2,1-2H3. The molecule has 0 aliphatic rings. The van der Waals surface area contributed by atoms with Gasteiger partial charge in [-0.3, -0.25) is 0 Å². The summed E-state index contributed by atoms with van der Waals surface area (Å²) in [6.07, 6.45) is 1.74. The van der Waals surface area contributed by atoms with Crippen LogP contribution in [-0.2, 0) is 27.4 Å². The van der Waals surface area contributed by atoms with Gasteiger partial charge < -0.3 is 23.9 Å². The van der Waals surface area contributed by atoms with Crippen molar-refractivity contribution in [2.24, 2.45) is 0 Å². The first kappa shape index (κ1) is 14.2. The van der Waals surface area contributed by atoms with Crippen molar-refractivity contribution in [3.05, 3.63) is 23.7 Å². The van der Waals surface area contributed by atoms with Crippen LogP contribution < -0.4 is 5.32 Å². The number of methoxy groups -OCH3 is 1. The molecule has 1 heterocycles. The van der Waals surface area contributed by atoms with E-state index in [0.717, 1.165) is 17.9 Å². The minimum absolute atomic E-state index is 0.483. The highest BCUT2D eigenvalue weighted by atomic mass is 16.5. The molecule has 1 aromatic heterocycles. The summed E-state index contributed by atoms with van der Waals surface area (Å²) in [5.74, 6) is 0.840. The average Bonchev–Trinajstić information content (AvgIpc) is 2.76. The van der Waals surface area contributed by atoms with Crippen molar-refractivity contribution >= 4 is 0 Å². The Morgan fingerprint density at radius 1 is 1.18 bits per heavy atom. The van der Waals surface area contributed by atoms with Crippen molar-refractivity contribution in [3.8, 4) is 0 Å². The molecule has 5 nitrogen and oxygen atoms in total. The van der Waals surface area contributed by atoms with Gasteiger partial charge in [0.05, 0.1) is 32.7 Å². The predicted molar refractivity (Wildman–Crippen MR) is 63.8 cm³/mol. The molecule has 0 aromatic carbocycles. The highest BCUT2D eigenvalue weighted by Gasteiger charge is 2.00. The third-order valence-corrected chi connectivity index (χ3v) is 2.14. The fraction of sp³-hybridized carbons (Fsp3) is 0.667. The van der Waals surface area contributed by atoms with E-state index in [2.05, 4.69) is 5.32 Å². The maximum Gasteiger partial charge on any atom is 0.129 e. The van der Waals surface area contributed by atoms with Crippen LogP contribution in [0.4, 0.5) is 0 Å². The van der Waals surface area contributed by atoms with Gasteiger partial charge in [-0.15, -0.1) is 0 Å². The van der Waals surface area contributed by atoms with Gasteiger partial charge in [0.2, 0.25) is 0 Å². The van der Waals surface area contributed by atoms with Crippen LogP contribution >= 0.6 is 0 Å². The number of hydrogen-bond acceptors (Lipinski definition) is 5. The van der Waals surface area contributed by atoms with E-state index in [1.807, 2.05) is 13.1 Å². The fourth-order valence-corrected chi connectivity index (χ4v) is 1.33. The van der Waals surface area contributed by atoms with Crippen LogP contribution in [0, 0.1) is 0 Å². The zero-order valence-electron chi connectivity index (χ0n) is 10.5. The number of furan rings is 1. The molecule has 1 rings (SSSR count). The maximum atomic E-state index is 5.41. The third kappa shape index (κ3) is 6.43. The summed E-state index contributed by atoms with van der Waals surface area (Å²) >= 11 is 0. The van der Waals surface area contributed by atoms with Gasteiger partial charge in [0, 0.05) is 19.2 Å². The van der Waals surface area contributed by atoms with Crippen LogP contribution in [0.2, 0.25) is 0 Å². The molecule has 0 aliphatic heterocycles. The van der Waals surface area contributed by atoms with Crippen molar-refractivity contribution in [2.75, 3.05) is 40.6 Å². The Morgan fingerprint density at radius 3 is 2.71 bits per heavy atom. The lowest BCUT2D eigenvalue weighted by molar-refractivity contribution is 0.0162. The molecular formula is C12H21NO4. The molecule has 5 heteroatoms. The molecule has 0 fully saturated rings. The maximum absolute atomic E-state index is 5.41. The Labute approximate surface area is 102 Å². The summed E-state index contributed by atoms with van der Waals surface area (Å²) < 4.78 is 20.9. The van der Waals surface area contributed by atoms with E-state index >= 15 is 0 Å². The minimum Gasteiger partial charge on any atom is -0.467 e. The molecular weight excluding hydrogens is 222 g/mol. The van der Waals surface area contributed by atoms with Crippen LogP contribution in [0.25, 0.3) is 0 Å². The molecule has 1 N–H and O–H groups in total. The summed E-state index contributed by atoms with van der Waals surface area (Å²) in [4.78, 5) is 0. The zero-order chi connectivity index (χ0) is 12.3. The second kappa shape index (κ2) is 9.18. The first-order chi connectivity index (χ1) is 8.36. The van der Waals surface area contributed by atoms with Crippen LogP contribution in [0.5, 0.6) is 0 Å². The monoisotopic (exact) mass is 243 g/mol. The van der Waals surface area contributed by atoms with Crippen LogP contribution in [0.1, 0.15) is 11.3 Å². The average molecular weight is 243 g/mol. The van der Waals surface area contributed by atoms with E-state index < -0.39 is 0 Å². The topological polar surface area (TPSA) is 52.9 Å². The Kier molecular flexibility index (Phi) is 7.66. The van der Waals surface area contributed by atoms with Gasteiger partial charge in [-0.1, -0.05) is 0 Å². The first-order valence-electron chi connectivity index (χ1n) is 5.72. The molecule has 98 valence electrons. The number of nitrogens with one attached hydrogen (secondary N) is 1. The first-order valence-corrected chi connectivity index (χ1v) is 5.72. The van der Waals surface area contributed by atoms with Crippen LogP contribution in [-0.4, -0.2) is 40.6 Å². The quantitative estimate of drug-likeness (QED) is 0.625. The van der Waals surface area contributed by atoms with E-state index in [1.54, 1.807) is 13.4 Å². The molecule has 0 atom stereocenters. The molecule has 1 aromatic rings. The lowest BCUT2D eigenvalue weighted by atomic mass is 10.3. The van der Waals surface area contributed by atoms with E-state index in [4.69, 9.17) is 18.6 Å². The number of hydrogen-bond donors (Lipinski definition) is 1. The largest absolute Gasteiger partial charge is 0.467 e. The molecule has 0 saturated heterocycles. The highest BCUT2D eigenvalue weighted by Crippen LogP contribution is 2.08. The summed E-state index contributed by atoms with van der Waals surface area (Å²) in [6.45, 7) is 3.65. The van der Waals surface area contributed by atoms with Gasteiger partial charge in [0.1, 0.15) is 12.4 Å². The third-order valence-electron chi connectivity index (χ3n) is 2.14. The molecule has 17 heavy (non-hydrogen) atoms. The van der Waals surface area contributed by atoms with Gasteiger partial charge in [-0.25, -0.2) is 0 Å². The Hall–Kier alpha value is -0.880. The molecule has 0 unspecified atom stereocenters. The molecule has 0 radical (unpaired) electrons. The highest BCUT2D eigenvalue weighted by molar-refractivity contribution is 5.11. The molecule has 0 saturated carbocycles. The Morgan fingerprint density at radius 2 is 1.94 bits per heavy atom. The smallest absolute Gasteiger partial charge is 0.129 e. The van der Waals surface area contributed by atoms with Crippen molar-refractivity contribution in [1.29, 1.82) is 0 Å². The Balaban J connectivity index is 2.01. The SMILES string of the molecule is CNCc1coc(COCCOCCOC)c1. The second-order valence-electron chi connectivity index (χ2n) is 3.61. The number of rotatable bonds is 10. The molecule has 0 spiro atoms. The summed E-state index contributed by atoms with van der Waals surface area (Å²) in [5.41, 5.74) is 1.13. The summed E-state index contributed by atoms with van der Waals surface area (Å²) in [5, 5.41) is 3.06. The van der Waals surface area contributed by atoms with Crippen LogP contribution in [0.15, 0.2) is 16.7 Å². The van der Waals surface area contributed by atoms with E-state index in [0.29, 0.717) is 33.0 Å². The normalized spacial score (nSPS) is 10.9. The van der Waals surface area contributed by atoms with Crippen LogP contribution in [0.3, 0.4) is 0 Å². The van der Waals surface area contributed by atoms with Crippen molar-refractivity contribution < 1.29 is 18.6 Å². The second-order valence-corrected chi connectivity index (χ2v) is 3.61. The van der Waals surface area contributed by atoms with Crippen molar-refractivity contribution in [2.45, 2.75) is 13.2 Å². The van der Waals surface area contributed by atoms with E-state index in [-0.39, 0.29) is 0 Å². The summed E-state index contributed by atoms with van der Waals surface area (Å²) in [6, 6.07) is 1.99. The van der Waals surface area contributed by atoms with Gasteiger partial charge >= 0.3 is 0 Å². The number of ether oxygens (including phenoxy) is 3. The zero-order valence-corrected chi connectivity index (χ0v) is 10.5. The van der Waals surface area contributed by atoms with Gasteiger partial charge in [0.15, 0.2) is 0 Å². The molecule has 0 amide bonds. The van der Waals surface area contributed by atoms with Crippen molar-refractivity contribution in [1.82, 2.24) is 5.32 Å². The molecule has 0 aliphatic carbocycles. The van der Waals surface area contributed by atoms with Gasteiger partial charge in [-0.2, -0.15) is 0 Å². The Bertz CT molecular complexity index is 288. The van der Waals surface area contributed by atoms with Crippen molar-refractivity contribution in [3.63, 3.8) is 0 Å². The lowest BCUT2D eigenvalue weighted by Crippen LogP contribution is -2.08. The summed E-state index contributed by atoms with van der Waals surface area (Å²) in [7, 11) is 3.56. The van der Waals surface area contributed by atoms with E-state index in [1.165, 1.54) is 0 Å². The van der Waals surface area contributed by atoms with E-state index in [9.17, 15) is 0 Å². The van der Waals surface area contributed by atoms with Gasteiger partial charge in [0.25, 0.3) is 0 Å².